The van der Waals surface area contributed by atoms with Crippen LogP contribution in [0.4, 0.5) is 5.82 Å². The summed E-state index contributed by atoms with van der Waals surface area (Å²) in [5, 5.41) is 12.6. The zero-order valence-corrected chi connectivity index (χ0v) is 21.6. The first-order valence-corrected chi connectivity index (χ1v) is 12.8. The summed E-state index contributed by atoms with van der Waals surface area (Å²) in [4.78, 5) is 45.4. The minimum Gasteiger partial charge on any atom is -0.466 e. The standard InChI is InChI=1S/C29H31N5O4/c1-3-38-29(37)22-12-16-33(17-13-22)26-24(28(36)34-15-7-8-20(2)25(34)32-26)18-23(19-30)27(35)31-14-11-21-9-5-4-6-10-21/h4-10,15,18,22H,3,11-14,16-17H2,1-2H3,(H,31,35). The molecule has 1 aliphatic heterocycles. The van der Waals surface area contributed by atoms with Crippen LogP contribution in [-0.2, 0) is 20.7 Å². The van der Waals surface area contributed by atoms with Gasteiger partial charge in [0.2, 0.25) is 0 Å². The number of amides is 1. The van der Waals surface area contributed by atoms with Gasteiger partial charge in [-0.1, -0.05) is 36.4 Å². The number of nitriles is 1. The second kappa shape index (κ2) is 12.2. The highest BCUT2D eigenvalue weighted by Crippen LogP contribution is 2.26. The molecule has 0 saturated carbocycles. The van der Waals surface area contributed by atoms with Gasteiger partial charge in [0, 0.05) is 25.8 Å². The molecule has 1 saturated heterocycles. The van der Waals surface area contributed by atoms with Crippen LogP contribution in [-0.4, -0.2) is 47.5 Å². The molecular formula is C29H31N5O4. The van der Waals surface area contributed by atoms with Crippen molar-refractivity contribution in [3.05, 3.63) is 81.3 Å². The smallest absolute Gasteiger partial charge is 0.309 e. The van der Waals surface area contributed by atoms with Gasteiger partial charge in [0.05, 0.1) is 18.1 Å². The largest absolute Gasteiger partial charge is 0.466 e. The fourth-order valence-corrected chi connectivity index (χ4v) is 4.61. The number of nitrogens with zero attached hydrogens (tertiary/aromatic N) is 4. The van der Waals surface area contributed by atoms with Crippen molar-refractivity contribution >= 4 is 29.4 Å². The van der Waals surface area contributed by atoms with Gasteiger partial charge in [-0.2, -0.15) is 5.26 Å². The third-order valence-corrected chi connectivity index (χ3v) is 6.67. The molecular weight excluding hydrogens is 482 g/mol. The first kappa shape index (κ1) is 26.6. The Labute approximate surface area is 221 Å². The highest BCUT2D eigenvalue weighted by Gasteiger charge is 2.29. The zero-order chi connectivity index (χ0) is 27.1. The molecule has 196 valence electrons. The Morgan fingerprint density at radius 1 is 1.18 bits per heavy atom. The number of carbonyl (C=O) groups is 2. The molecule has 0 aliphatic carbocycles. The molecule has 2 aromatic heterocycles. The third kappa shape index (κ3) is 5.92. The van der Waals surface area contributed by atoms with Crippen LogP contribution in [0, 0.1) is 24.2 Å². The molecule has 4 rings (SSSR count). The van der Waals surface area contributed by atoms with Gasteiger partial charge in [-0.15, -0.1) is 0 Å². The Morgan fingerprint density at radius 2 is 1.92 bits per heavy atom. The number of fused-ring (bicyclic) bond motifs is 1. The van der Waals surface area contributed by atoms with Crippen molar-refractivity contribution in [3.8, 4) is 6.07 Å². The lowest BCUT2D eigenvalue weighted by molar-refractivity contribution is -0.148. The molecule has 0 spiro atoms. The third-order valence-electron chi connectivity index (χ3n) is 6.67. The van der Waals surface area contributed by atoms with Gasteiger partial charge in [0.25, 0.3) is 11.5 Å². The topological polar surface area (TPSA) is 117 Å². The molecule has 1 amide bonds. The Bertz CT molecular complexity index is 1450. The number of piperidine rings is 1. The minimum absolute atomic E-state index is 0.164. The summed E-state index contributed by atoms with van der Waals surface area (Å²) < 4.78 is 6.60. The second-order valence-corrected chi connectivity index (χ2v) is 9.21. The summed E-state index contributed by atoms with van der Waals surface area (Å²) >= 11 is 0. The van der Waals surface area contributed by atoms with Crippen LogP contribution in [0.25, 0.3) is 11.7 Å². The molecule has 0 radical (unpaired) electrons. The van der Waals surface area contributed by atoms with Gasteiger partial charge in [-0.05, 0) is 56.4 Å². The fraction of sp³-hybridized carbons (Fsp3) is 0.345. The number of ether oxygens (including phenoxy) is 1. The maximum absolute atomic E-state index is 13.6. The molecule has 38 heavy (non-hydrogen) atoms. The molecule has 9 heteroatoms. The SMILES string of the molecule is CCOC(=O)C1CCN(c2nc3c(C)cccn3c(=O)c2C=C(C#N)C(=O)NCCc2ccccc2)CC1. The average Bonchev–Trinajstić information content (AvgIpc) is 2.93. The number of hydrogen-bond donors (Lipinski definition) is 1. The van der Waals surface area contributed by atoms with Crippen LogP contribution in [0.2, 0.25) is 0 Å². The van der Waals surface area contributed by atoms with Gasteiger partial charge in [0.1, 0.15) is 23.1 Å². The van der Waals surface area contributed by atoms with E-state index in [1.54, 1.807) is 19.2 Å². The van der Waals surface area contributed by atoms with Crippen LogP contribution in [0.5, 0.6) is 0 Å². The van der Waals surface area contributed by atoms with E-state index in [1.165, 1.54) is 10.5 Å². The number of carbonyl (C=O) groups excluding carboxylic acids is 2. The van der Waals surface area contributed by atoms with E-state index in [0.717, 1.165) is 11.1 Å². The predicted octanol–water partition coefficient (Wildman–Crippen LogP) is 3.05. The summed E-state index contributed by atoms with van der Waals surface area (Å²) in [7, 11) is 0. The number of anilines is 1. The van der Waals surface area contributed by atoms with E-state index in [4.69, 9.17) is 9.72 Å². The maximum atomic E-state index is 13.6. The normalized spacial score (nSPS) is 14.2. The van der Waals surface area contributed by atoms with Crippen molar-refractivity contribution in [2.75, 3.05) is 31.1 Å². The summed E-state index contributed by atoms with van der Waals surface area (Å²) in [6.07, 6.45) is 4.68. The lowest BCUT2D eigenvalue weighted by Gasteiger charge is -2.32. The molecule has 0 bridgehead atoms. The number of rotatable bonds is 8. The number of hydrogen-bond acceptors (Lipinski definition) is 7. The van der Waals surface area contributed by atoms with E-state index in [0.29, 0.717) is 57.0 Å². The molecule has 1 N–H and O–H groups in total. The van der Waals surface area contributed by atoms with Crippen molar-refractivity contribution in [2.45, 2.75) is 33.1 Å². The molecule has 0 unspecified atom stereocenters. The number of aryl methyl sites for hydroxylation is 1. The quantitative estimate of drug-likeness (QED) is 0.280. The van der Waals surface area contributed by atoms with E-state index in [-0.39, 0.29) is 28.6 Å². The Balaban J connectivity index is 1.64. The summed E-state index contributed by atoms with van der Waals surface area (Å²) in [5.74, 6) is -0.576. The van der Waals surface area contributed by atoms with Crippen LogP contribution in [0.1, 0.15) is 36.5 Å². The summed E-state index contributed by atoms with van der Waals surface area (Å²) in [6, 6.07) is 15.3. The molecule has 1 aliphatic rings. The van der Waals surface area contributed by atoms with Gasteiger partial charge in [0.15, 0.2) is 0 Å². The lowest BCUT2D eigenvalue weighted by atomic mass is 9.96. The van der Waals surface area contributed by atoms with Crippen LogP contribution >= 0.6 is 0 Å². The maximum Gasteiger partial charge on any atom is 0.309 e. The van der Waals surface area contributed by atoms with Crippen LogP contribution in [0.3, 0.4) is 0 Å². The number of aromatic nitrogens is 2. The monoisotopic (exact) mass is 513 g/mol. The zero-order valence-electron chi connectivity index (χ0n) is 21.6. The highest BCUT2D eigenvalue weighted by molar-refractivity contribution is 6.02. The molecule has 3 aromatic rings. The first-order valence-electron chi connectivity index (χ1n) is 12.8. The summed E-state index contributed by atoms with van der Waals surface area (Å²) in [6.45, 7) is 5.32. The van der Waals surface area contributed by atoms with Crippen LogP contribution < -0.4 is 15.8 Å². The summed E-state index contributed by atoms with van der Waals surface area (Å²) in [5.41, 5.74) is 2.01. The van der Waals surface area contributed by atoms with Crippen molar-refractivity contribution < 1.29 is 14.3 Å². The number of nitrogens with one attached hydrogen (secondary N) is 1. The van der Waals surface area contributed by atoms with Gasteiger partial charge in [-0.25, -0.2) is 4.98 Å². The van der Waals surface area contributed by atoms with Crippen LogP contribution in [0.15, 0.2) is 59.0 Å². The van der Waals surface area contributed by atoms with E-state index >= 15 is 0 Å². The molecule has 3 heterocycles. The minimum atomic E-state index is -0.552. The van der Waals surface area contributed by atoms with Crippen molar-refractivity contribution in [3.63, 3.8) is 0 Å². The van der Waals surface area contributed by atoms with Gasteiger partial charge >= 0.3 is 5.97 Å². The molecule has 1 fully saturated rings. The Hall–Kier alpha value is -4.45. The second-order valence-electron chi connectivity index (χ2n) is 9.21. The number of benzene rings is 1. The van der Waals surface area contributed by atoms with E-state index in [9.17, 15) is 19.6 Å². The molecule has 1 aromatic carbocycles. The number of esters is 1. The van der Waals surface area contributed by atoms with Gasteiger partial charge in [-0.3, -0.25) is 18.8 Å². The van der Waals surface area contributed by atoms with E-state index in [1.807, 2.05) is 54.3 Å². The van der Waals surface area contributed by atoms with E-state index < -0.39 is 5.91 Å². The van der Waals surface area contributed by atoms with Crippen molar-refractivity contribution in [1.29, 1.82) is 5.26 Å². The van der Waals surface area contributed by atoms with Gasteiger partial charge < -0.3 is 15.0 Å². The predicted molar refractivity (Wildman–Crippen MR) is 145 cm³/mol. The number of pyridine rings is 1. The van der Waals surface area contributed by atoms with Crippen molar-refractivity contribution in [1.82, 2.24) is 14.7 Å². The Kier molecular flexibility index (Phi) is 8.54. The van der Waals surface area contributed by atoms with Crippen molar-refractivity contribution in [2.24, 2.45) is 5.92 Å². The van der Waals surface area contributed by atoms with E-state index in [2.05, 4.69) is 5.32 Å². The fourth-order valence-electron chi connectivity index (χ4n) is 4.61. The lowest BCUT2D eigenvalue weighted by Crippen LogP contribution is -2.39. The first-order chi connectivity index (χ1) is 18.4. The molecule has 0 atom stereocenters. The Morgan fingerprint density at radius 3 is 2.61 bits per heavy atom. The molecule has 9 nitrogen and oxygen atoms in total. The highest BCUT2D eigenvalue weighted by atomic mass is 16.5. The average molecular weight is 514 g/mol.